The maximum atomic E-state index is 13.9. The van der Waals surface area contributed by atoms with E-state index in [0.29, 0.717) is 55.8 Å². The zero-order valence-corrected chi connectivity index (χ0v) is 28.2. The van der Waals surface area contributed by atoms with Gasteiger partial charge in [-0.15, -0.1) is 0 Å². The number of amides is 3. The van der Waals surface area contributed by atoms with Gasteiger partial charge in [0.15, 0.2) is 10.7 Å². The van der Waals surface area contributed by atoms with Crippen LogP contribution in [0.3, 0.4) is 0 Å². The lowest BCUT2D eigenvalue weighted by Gasteiger charge is -2.26. The molecule has 4 unspecified atom stereocenters. The Hall–Kier alpha value is -4.28. The molecule has 4 atom stereocenters. The second kappa shape index (κ2) is 20.1. The monoisotopic (exact) mass is 674 g/mol. The first-order valence-electron chi connectivity index (χ1n) is 15.8. The van der Waals surface area contributed by atoms with Gasteiger partial charge in [-0.3, -0.25) is 19.8 Å². The van der Waals surface area contributed by atoms with Crippen molar-refractivity contribution in [2.24, 2.45) is 25.6 Å². The zero-order valence-electron chi connectivity index (χ0n) is 27.4. The summed E-state index contributed by atoms with van der Waals surface area (Å²) in [5, 5.41) is 31.3. The maximum Gasteiger partial charge on any atom is 0.326 e. The number of nitrogens with two attached hydrogens (primary N) is 2. The SMILES string of the molecule is CCNC(CCCNC(=N)N)C(=O)NC(Cc1cn(C)c(=S)n1C)C(=O)NC(CCCCN)C(=O)NC(Cc1ccccc1)C(=O)O. The van der Waals surface area contributed by atoms with Crippen LogP contribution in [0, 0.1) is 10.2 Å². The maximum absolute atomic E-state index is 13.9. The molecule has 3 amide bonds. The molecule has 0 saturated carbocycles. The van der Waals surface area contributed by atoms with Gasteiger partial charge in [0, 0.05) is 45.4 Å². The van der Waals surface area contributed by atoms with Crippen molar-refractivity contribution in [3.63, 3.8) is 0 Å². The first-order chi connectivity index (χ1) is 22.4. The summed E-state index contributed by atoms with van der Waals surface area (Å²) in [6.07, 6.45) is 4.17. The molecule has 0 aliphatic heterocycles. The van der Waals surface area contributed by atoms with Gasteiger partial charge in [0.2, 0.25) is 17.7 Å². The second-order valence-corrected chi connectivity index (χ2v) is 11.7. The van der Waals surface area contributed by atoms with E-state index in [0.717, 1.165) is 5.56 Å². The molecule has 15 nitrogen and oxygen atoms in total. The molecule has 47 heavy (non-hydrogen) atoms. The third kappa shape index (κ3) is 13.2. The number of benzene rings is 1. The van der Waals surface area contributed by atoms with E-state index in [4.69, 9.17) is 29.1 Å². The molecule has 1 heterocycles. The number of likely N-dealkylation sites (N-methyl/N-ethyl adjacent to an activating group) is 1. The van der Waals surface area contributed by atoms with Crippen molar-refractivity contribution in [2.75, 3.05) is 19.6 Å². The molecule has 0 aliphatic rings. The van der Waals surface area contributed by atoms with E-state index in [1.807, 2.05) is 13.0 Å². The number of hydrogen-bond acceptors (Lipinski definition) is 8. The van der Waals surface area contributed by atoms with Crippen LogP contribution in [0.1, 0.15) is 50.3 Å². The lowest BCUT2D eigenvalue weighted by molar-refractivity contribution is -0.142. The van der Waals surface area contributed by atoms with Gasteiger partial charge in [-0.25, -0.2) is 4.79 Å². The summed E-state index contributed by atoms with van der Waals surface area (Å²) in [6.45, 7) is 3.14. The van der Waals surface area contributed by atoms with E-state index in [2.05, 4.69) is 26.6 Å². The van der Waals surface area contributed by atoms with Crippen LogP contribution in [0.2, 0.25) is 0 Å². The van der Waals surface area contributed by atoms with Gasteiger partial charge in [0.25, 0.3) is 0 Å². The first kappa shape index (κ1) is 38.9. The van der Waals surface area contributed by atoms with Crippen molar-refractivity contribution >= 4 is 41.9 Å². The highest BCUT2D eigenvalue weighted by Gasteiger charge is 2.31. The fraction of sp³-hybridized carbons (Fsp3) is 0.548. The highest BCUT2D eigenvalue weighted by molar-refractivity contribution is 7.71. The van der Waals surface area contributed by atoms with Gasteiger partial charge in [-0.05, 0) is 63.0 Å². The first-order valence-corrected chi connectivity index (χ1v) is 16.2. The Bertz CT molecular complexity index is 1400. The summed E-state index contributed by atoms with van der Waals surface area (Å²) in [5.74, 6) is -3.04. The second-order valence-electron chi connectivity index (χ2n) is 11.4. The Balaban J connectivity index is 2.31. The molecule has 0 aliphatic carbocycles. The Morgan fingerprint density at radius 1 is 0.894 bits per heavy atom. The number of carboxylic acids is 1. The molecule has 0 fully saturated rings. The van der Waals surface area contributed by atoms with Crippen LogP contribution >= 0.6 is 12.2 Å². The van der Waals surface area contributed by atoms with E-state index in [9.17, 15) is 24.3 Å². The van der Waals surface area contributed by atoms with Crippen molar-refractivity contribution < 1.29 is 24.3 Å². The number of hydrogen-bond donors (Lipinski definition) is 9. The van der Waals surface area contributed by atoms with Gasteiger partial charge in [-0.2, -0.15) is 0 Å². The topological polar surface area (TPSA) is 234 Å². The predicted octanol–water partition coefficient (Wildman–Crippen LogP) is -0.212. The largest absolute Gasteiger partial charge is 0.480 e. The fourth-order valence-corrected chi connectivity index (χ4v) is 5.23. The van der Waals surface area contributed by atoms with Crippen molar-refractivity contribution in [1.82, 2.24) is 35.7 Å². The number of imidazole rings is 1. The Morgan fingerprint density at radius 2 is 1.49 bits per heavy atom. The number of carboxylic acid groups (broad SMARTS) is 1. The molecule has 0 radical (unpaired) electrons. The summed E-state index contributed by atoms with van der Waals surface area (Å²) in [5.41, 5.74) is 12.4. The van der Waals surface area contributed by atoms with Crippen LogP contribution < -0.4 is 38.1 Å². The minimum atomic E-state index is -1.22. The highest BCUT2D eigenvalue weighted by Crippen LogP contribution is 2.10. The molecule has 0 saturated heterocycles. The predicted molar refractivity (Wildman–Crippen MR) is 182 cm³/mol. The van der Waals surface area contributed by atoms with Gasteiger partial charge in [0.1, 0.15) is 18.1 Å². The molecule has 0 spiro atoms. The third-order valence-electron chi connectivity index (χ3n) is 7.64. The van der Waals surface area contributed by atoms with Crippen LogP contribution in [0.25, 0.3) is 0 Å². The molecule has 2 rings (SSSR count). The van der Waals surface area contributed by atoms with Crippen molar-refractivity contribution in [3.8, 4) is 0 Å². The lowest BCUT2D eigenvalue weighted by Crippen LogP contribution is -2.58. The number of rotatable bonds is 21. The Labute approximate surface area is 280 Å². The Kier molecular flexibility index (Phi) is 16.6. The number of carbonyl (C=O) groups is 4. The third-order valence-corrected chi connectivity index (χ3v) is 8.20. The minimum absolute atomic E-state index is 0.0612. The quantitative estimate of drug-likeness (QED) is 0.0366. The lowest BCUT2D eigenvalue weighted by atomic mass is 10.0. The summed E-state index contributed by atoms with van der Waals surface area (Å²) in [7, 11) is 3.54. The van der Waals surface area contributed by atoms with Crippen LogP contribution in [0.4, 0.5) is 0 Å². The van der Waals surface area contributed by atoms with Gasteiger partial charge in [-0.1, -0.05) is 37.3 Å². The van der Waals surface area contributed by atoms with Crippen LogP contribution in [-0.2, 0) is 46.1 Å². The van der Waals surface area contributed by atoms with E-state index in [1.54, 1.807) is 53.7 Å². The minimum Gasteiger partial charge on any atom is -0.480 e. The molecule has 260 valence electrons. The number of guanidine groups is 1. The van der Waals surface area contributed by atoms with Crippen LogP contribution in [-0.4, -0.2) is 87.7 Å². The number of unbranched alkanes of at least 4 members (excludes halogenated alkanes) is 1. The van der Waals surface area contributed by atoms with Gasteiger partial charge >= 0.3 is 5.97 Å². The summed E-state index contributed by atoms with van der Waals surface area (Å²) >= 11 is 5.43. The molecular formula is C31H50N10O5S. The molecule has 11 N–H and O–H groups in total. The van der Waals surface area contributed by atoms with Crippen LogP contribution in [0.5, 0.6) is 0 Å². The zero-order chi connectivity index (χ0) is 34.9. The number of aliphatic carboxylic acids is 1. The highest BCUT2D eigenvalue weighted by atomic mass is 32.1. The van der Waals surface area contributed by atoms with Gasteiger partial charge < -0.3 is 52.3 Å². The van der Waals surface area contributed by atoms with Gasteiger partial charge in [0.05, 0.1) is 6.04 Å². The number of nitrogens with one attached hydrogen (secondary N) is 6. The molecule has 16 heteroatoms. The molecule has 1 aromatic heterocycles. The summed E-state index contributed by atoms with van der Waals surface area (Å²) < 4.78 is 3.99. The van der Waals surface area contributed by atoms with E-state index < -0.39 is 47.9 Å². The summed E-state index contributed by atoms with van der Waals surface area (Å²) in [6, 6.07) is 4.90. The van der Waals surface area contributed by atoms with Crippen LogP contribution in [0.15, 0.2) is 36.5 Å². The number of nitrogens with zero attached hydrogens (tertiary/aromatic N) is 2. The average molecular weight is 675 g/mol. The smallest absolute Gasteiger partial charge is 0.326 e. The standard InChI is InChI=1S/C31H50N10O5S/c1-4-35-22(14-10-16-36-30(33)34)26(42)38-24(18-21-19-40(2)31(47)41(21)3)28(44)37-23(13-8-9-15-32)27(43)39-25(29(45)46)17-20-11-6-5-7-12-20/h5-7,11-12,19,22-25,35H,4,8-10,13-18,32H2,1-3H3,(H,37,44)(H,38,42)(H,39,43)(H,45,46)(H4,33,34,36). The Morgan fingerprint density at radius 3 is 2.06 bits per heavy atom. The van der Waals surface area contributed by atoms with Crippen molar-refractivity contribution in [1.29, 1.82) is 5.41 Å². The fourth-order valence-electron chi connectivity index (χ4n) is 5.06. The van der Waals surface area contributed by atoms with Crippen molar-refractivity contribution in [3.05, 3.63) is 52.6 Å². The number of aromatic nitrogens is 2. The normalized spacial score (nSPS) is 13.5. The average Bonchev–Trinajstić information content (AvgIpc) is 3.27. The van der Waals surface area contributed by atoms with E-state index in [-0.39, 0.29) is 25.2 Å². The molecule has 2 aromatic rings. The van der Waals surface area contributed by atoms with E-state index in [1.165, 1.54) is 0 Å². The number of carbonyl (C=O) groups excluding carboxylic acids is 3. The molecular weight excluding hydrogens is 624 g/mol. The molecule has 1 aromatic carbocycles. The van der Waals surface area contributed by atoms with E-state index >= 15 is 0 Å². The summed E-state index contributed by atoms with van der Waals surface area (Å²) in [4.78, 5) is 53.0. The van der Waals surface area contributed by atoms with Crippen molar-refractivity contribution in [2.45, 2.75) is 76.0 Å². The number of aryl methyl sites for hydroxylation is 1. The molecule has 0 bridgehead atoms.